The Morgan fingerprint density at radius 3 is 2.33 bits per heavy atom. The van der Waals surface area contributed by atoms with E-state index in [1.165, 1.54) is 19.3 Å². The van der Waals surface area contributed by atoms with Gasteiger partial charge in [0.2, 0.25) is 0 Å². The maximum Gasteiger partial charge on any atom is 0.262 e. The fourth-order valence-electron chi connectivity index (χ4n) is 2.73. The second-order valence-electron chi connectivity index (χ2n) is 5.60. The third kappa shape index (κ3) is 5.07. The molecular weight excluding hydrogens is 260 g/mol. The van der Waals surface area contributed by atoms with Crippen LogP contribution in [0.15, 0.2) is 35.9 Å². The lowest BCUT2D eigenvalue weighted by Gasteiger charge is -2.20. The standard InChI is InChI=1S/C18H22N2O/c19-14-16(13-15-9-5-4-6-10-15)18(21)20-17-11-7-2-1-3-8-12-17/h4-6,9-10,13,17H,1-3,7-8,11-12H2,(H,20,21)/b16-13+. The van der Waals surface area contributed by atoms with Crippen molar-refractivity contribution in [1.29, 1.82) is 5.26 Å². The Morgan fingerprint density at radius 2 is 1.71 bits per heavy atom. The van der Waals surface area contributed by atoms with Crippen molar-refractivity contribution in [3.63, 3.8) is 0 Å². The molecule has 0 atom stereocenters. The molecule has 1 aromatic carbocycles. The van der Waals surface area contributed by atoms with Crippen molar-refractivity contribution >= 4 is 12.0 Å². The summed E-state index contributed by atoms with van der Waals surface area (Å²) < 4.78 is 0. The van der Waals surface area contributed by atoms with E-state index in [2.05, 4.69) is 5.32 Å². The van der Waals surface area contributed by atoms with Crippen molar-refractivity contribution in [3.05, 3.63) is 41.5 Å². The molecule has 3 heteroatoms. The molecule has 0 spiro atoms. The molecule has 21 heavy (non-hydrogen) atoms. The molecule has 1 aliphatic carbocycles. The van der Waals surface area contributed by atoms with Crippen LogP contribution in [-0.4, -0.2) is 11.9 Å². The van der Waals surface area contributed by atoms with Gasteiger partial charge in [0.25, 0.3) is 5.91 Å². The van der Waals surface area contributed by atoms with Gasteiger partial charge in [-0.15, -0.1) is 0 Å². The van der Waals surface area contributed by atoms with E-state index in [0.29, 0.717) is 0 Å². The van der Waals surface area contributed by atoms with Crippen molar-refractivity contribution in [3.8, 4) is 6.07 Å². The molecule has 0 saturated heterocycles. The van der Waals surface area contributed by atoms with Gasteiger partial charge in [-0.05, 0) is 24.5 Å². The zero-order valence-corrected chi connectivity index (χ0v) is 12.3. The van der Waals surface area contributed by atoms with E-state index in [4.69, 9.17) is 0 Å². The molecule has 1 aromatic rings. The Balaban J connectivity index is 2.00. The zero-order chi connectivity index (χ0) is 14.9. The molecule has 110 valence electrons. The summed E-state index contributed by atoms with van der Waals surface area (Å²) >= 11 is 0. The van der Waals surface area contributed by atoms with Gasteiger partial charge in [0.15, 0.2) is 0 Å². The van der Waals surface area contributed by atoms with Gasteiger partial charge in [-0.1, -0.05) is 62.4 Å². The second kappa shape index (κ2) is 8.26. The molecule has 2 rings (SSSR count). The average molecular weight is 282 g/mol. The number of rotatable bonds is 3. The van der Waals surface area contributed by atoms with Crippen LogP contribution in [0.25, 0.3) is 6.08 Å². The highest BCUT2D eigenvalue weighted by Gasteiger charge is 2.16. The molecule has 0 aromatic heterocycles. The van der Waals surface area contributed by atoms with Gasteiger partial charge in [0.05, 0.1) is 0 Å². The predicted molar refractivity (Wildman–Crippen MR) is 84.3 cm³/mol. The van der Waals surface area contributed by atoms with Crippen LogP contribution in [-0.2, 0) is 4.79 Å². The van der Waals surface area contributed by atoms with E-state index in [-0.39, 0.29) is 17.5 Å². The maximum absolute atomic E-state index is 12.2. The molecule has 1 aliphatic rings. The number of nitrogens with zero attached hydrogens (tertiary/aromatic N) is 1. The first-order valence-electron chi connectivity index (χ1n) is 7.77. The molecule has 0 unspecified atom stereocenters. The third-order valence-electron chi connectivity index (χ3n) is 3.92. The van der Waals surface area contributed by atoms with Crippen LogP contribution in [0, 0.1) is 11.3 Å². The topological polar surface area (TPSA) is 52.9 Å². The summed E-state index contributed by atoms with van der Waals surface area (Å²) in [6, 6.07) is 11.7. The lowest BCUT2D eigenvalue weighted by molar-refractivity contribution is -0.117. The molecule has 1 saturated carbocycles. The Morgan fingerprint density at radius 1 is 1.10 bits per heavy atom. The van der Waals surface area contributed by atoms with Gasteiger partial charge in [0, 0.05) is 6.04 Å². The largest absolute Gasteiger partial charge is 0.349 e. The van der Waals surface area contributed by atoms with Gasteiger partial charge >= 0.3 is 0 Å². The molecule has 0 heterocycles. The van der Waals surface area contributed by atoms with Gasteiger partial charge in [-0.2, -0.15) is 5.26 Å². The minimum Gasteiger partial charge on any atom is -0.349 e. The van der Waals surface area contributed by atoms with Crippen LogP contribution in [0.4, 0.5) is 0 Å². The van der Waals surface area contributed by atoms with E-state index in [1.54, 1.807) is 6.08 Å². The summed E-state index contributed by atoms with van der Waals surface area (Å²) in [5.41, 5.74) is 1.06. The first-order chi connectivity index (χ1) is 10.3. The SMILES string of the molecule is N#C/C(=C\c1ccccc1)C(=O)NC1CCCCCCC1. The number of hydrogen-bond donors (Lipinski definition) is 1. The van der Waals surface area contributed by atoms with Crippen LogP contribution >= 0.6 is 0 Å². The van der Waals surface area contributed by atoms with Gasteiger partial charge in [-0.3, -0.25) is 4.79 Å². The average Bonchev–Trinajstić information content (AvgIpc) is 2.48. The van der Waals surface area contributed by atoms with E-state index in [9.17, 15) is 10.1 Å². The lowest BCUT2D eigenvalue weighted by atomic mass is 9.96. The van der Waals surface area contributed by atoms with Gasteiger partial charge < -0.3 is 5.32 Å². The predicted octanol–water partition coefficient (Wildman–Crippen LogP) is 3.82. The molecule has 1 amide bonds. The molecular formula is C18H22N2O. The smallest absolute Gasteiger partial charge is 0.262 e. The fraction of sp³-hybridized carbons (Fsp3) is 0.444. The Kier molecular flexibility index (Phi) is 6.02. The molecule has 3 nitrogen and oxygen atoms in total. The monoisotopic (exact) mass is 282 g/mol. The van der Waals surface area contributed by atoms with Crippen LogP contribution in [0.3, 0.4) is 0 Å². The van der Waals surface area contributed by atoms with Crippen molar-refractivity contribution < 1.29 is 4.79 Å². The minimum atomic E-state index is -0.244. The van der Waals surface area contributed by atoms with Crippen LogP contribution in [0.1, 0.15) is 50.5 Å². The summed E-state index contributed by atoms with van der Waals surface area (Å²) in [4.78, 5) is 12.2. The summed E-state index contributed by atoms with van der Waals surface area (Å²) in [5, 5.41) is 12.2. The molecule has 0 bridgehead atoms. The van der Waals surface area contributed by atoms with E-state index >= 15 is 0 Å². The first kappa shape index (κ1) is 15.3. The number of carbonyl (C=O) groups is 1. The number of amides is 1. The van der Waals surface area contributed by atoms with E-state index in [1.807, 2.05) is 36.4 Å². The van der Waals surface area contributed by atoms with E-state index < -0.39 is 0 Å². The molecule has 0 radical (unpaired) electrons. The molecule has 1 fully saturated rings. The summed E-state index contributed by atoms with van der Waals surface area (Å²) in [5.74, 6) is -0.244. The third-order valence-corrected chi connectivity index (χ3v) is 3.92. The Hall–Kier alpha value is -2.08. The number of carbonyl (C=O) groups excluding carboxylic acids is 1. The van der Waals surface area contributed by atoms with Crippen molar-refractivity contribution in [1.82, 2.24) is 5.32 Å². The van der Waals surface area contributed by atoms with Crippen molar-refractivity contribution in [2.75, 3.05) is 0 Å². The quantitative estimate of drug-likeness (QED) is 0.676. The number of benzene rings is 1. The Bertz CT molecular complexity index is 520. The van der Waals surface area contributed by atoms with Gasteiger partial charge in [-0.25, -0.2) is 0 Å². The van der Waals surface area contributed by atoms with Crippen LogP contribution < -0.4 is 5.32 Å². The highest BCUT2D eigenvalue weighted by molar-refractivity contribution is 6.01. The fourth-order valence-corrected chi connectivity index (χ4v) is 2.73. The highest BCUT2D eigenvalue weighted by Crippen LogP contribution is 2.17. The van der Waals surface area contributed by atoms with Crippen LogP contribution in [0.2, 0.25) is 0 Å². The normalized spacial score (nSPS) is 17.4. The summed E-state index contributed by atoms with van der Waals surface area (Å²) in [6.07, 6.45) is 9.82. The first-order valence-corrected chi connectivity index (χ1v) is 7.77. The lowest BCUT2D eigenvalue weighted by Crippen LogP contribution is -2.35. The molecule has 1 N–H and O–H groups in total. The number of hydrogen-bond acceptors (Lipinski definition) is 2. The Labute approximate surface area is 126 Å². The number of nitriles is 1. The maximum atomic E-state index is 12.2. The number of nitrogens with one attached hydrogen (secondary N) is 1. The second-order valence-corrected chi connectivity index (χ2v) is 5.60. The van der Waals surface area contributed by atoms with Crippen molar-refractivity contribution in [2.24, 2.45) is 0 Å². The summed E-state index contributed by atoms with van der Waals surface area (Å²) in [7, 11) is 0. The van der Waals surface area contributed by atoms with E-state index in [0.717, 1.165) is 31.2 Å². The molecule has 0 aliphatic heterocycles. The zero-order valence-electron chi connectivity index (χ0n) is 12.3. The summed E-state index contributed by atoms with van der Waals surface area (Å²) in [6.45, 7) is 0. The highest BCUT2D eigenvalue weighted by atomic mass is 16.1. The van der Waals surface area contributed by atoms with Crippen molar-refractivity contribution in [2.45, 2.75) is 51.0 Å². The van der Waals surface area contributed by atoms with Crippen LogP contribution in [0.5, 0.6) is 0 Å². The minimum absolute atomic E-state index is 0.184. The van der Waals surface area contributed by atoms with Gasteiger partial charge in [0.1, 0.15) is 11.6 Å².